The van der Waals surface area contributed by atoms with Gasteiger partial charge in [-0.2, -0.15) is 0 Å². The molecule has 1 aliphatic carbocycles. The Hall–Kier alpha value is -2.69. The number of aryl methyl sites for hydroxylation is 1. The smallest absolute Gasteiger partial charge is 0.252 e. The van der Waals surface area contributed by atoms with Gasteiger partial charge in [0.2, 0.25) is 0 Å². The summed E-state index contributed by atoms with van der Waals surface area (Å²) in [5.74, 6) is -1.73. The number of aromatic nitrogens is 1. The number of rotatable bonds is 10. The second-order valence-corrected chi connectivity index (χ2v) is 12.0. The van der Waals surface area contributed by atoms with E-state index in [1.807, 2.05) is 23.1 Å². The van der Waals surface area contributed by atoms with Crippen LogP contribution in [0.3, 0.4) is 0 Å². The van der Waals surface area contributed by atoms with Crippen LogP contribution >= 0.6 is 34.8 Å². The number of nitrogens with one attached hydrogen (secondary N) is 2. The van der Waals surface area contributed by atoms with Crippen molar-refractivity contribution in [3.63, 3.8) is 0 Å². The van der Waals surface area contributed by atoms with Gasteiger partial charge in [0.05, 0.1) is 33.4 Å². The van der Waals surface area contributed by atoms with Gasteiger partial charge in [0, 0.05) is 48.9 Å². The molecule has 1 aromatic heterocycles. The van der Waals surface area contributed by atoms with E-state index in [2.05, 4.69) is 15.8 Å². The highest BCUT2D eigenvalue weighted by molar-refractivity contribution is 6.42. The second-order valence-electron chi connectivity index (χ2n) is 10.9. The number of hydrogen-bond acceptors (Lipinski definition) is 6. The largest absolute Gasteiger partial charge is 0.488 e. The SMILES string of the molecule is O=C(C1=C(c2cc(CCCOc3c(F)ccc(Cl)c3F)no2)C[C@@H]2CNC[C@H]1N2)N(Cc1cccc(Cl)c1Cl)C1CC1. The Morgan fingerprint density at radius 2 is 1.95 bits per heavy atom. The molecule has 0 spiro atoms. The number of hydrogen-bond donors (Lipinski definition) is 2. The van der Waals surface area contributed by atoms with Crippen LogP contribution in [-0.4, -0.2) is 53.8 Å². The van der Waals surface area contributed by atoms with Crippen LogP contribution in [0.4, 0.5) is 8.78 Å². The standard InChI is InChI=1S/C30H29Cl3F2N4O3/c31-21-5-1-3-16(27(21)33)15-39(19-6-7-19)30(40)26-20(11-18-13-36-14-24(26)37-18)25-12-17(38-42-25)4-2-10-41-29-23(34)9-8-22(32)28(29)35/h1,3,5,8-9,12,18-19,24,36-37H,2,4,6-7,10-11,13-15H2/t18-,24-/m1/s1. The number of carbonyl (C=O) groups excluding carboxylic acids is 1. The van der Waals surface area contributed by atoms with Crippen molar-refractivity contribution >= 4 is 46.3 Å². The molecule has 2 aliphatic heterocycles. The Kier molecular flexibility index (Phi) is 8.75. The summed E-state index contributed by atoms with van der Waals surface area (Å²) < 4.78 is 39.2. The molecule has 1 saturated carbocycles. The molecule has 1 amide bonds. The molecule has 12 heteroatoms. The van der Waals surface area contributed by atoms with Gasteiger partial charge >= 0.3 is 0 Å². The zero-order chi connectivity index (χ0) is 29.4. The first-order chi connectivity index (χ1) is 20.3. The van der Waals surface area contributed by atoms with Gasteiger partial charge in [0.15, 0.2) is 23.1 Å². The number of piperazine rings is 1. The van der Waals surface area contributed by atoms with Crippen molar-refractivity contribution in [2.45, 2.75) is 56.8 Å². The predicted molar refractivity (Wildman–Crippen MR) is 157 cm³/mol. The van der Waals surface area contributed by atoms with Crippen LogP contribution in [0, 0.1) is 11.6 Å². The average Bonchev–Trinajstić information content (AvgIpc) is 3.71. The van der Waals surface area contributed by atoms with Gasteiger partial charge in [-0.05, 0) is 55.9 Å². The molecule has 3 aliphatic rings. The van der Waals surface area contributed by atoms with Crippen molar-refractivity contribution in [1.29, 1.82) is 0 Å². The lowest BCUT2D eigenvalue weighted by molar-refractivity contribution is -0.128. The first-order valence-electron chi connectivity index (χ1n) is 14.0. The molecule has 1 saturated heterocycles. The molecule has 2 bridgehead atoms. The zero-order valence-electron chi connectivity index (χ0n) is 22.6. The minimum Gasteiger partial charge on any atom is -0.488 e. The van der Waals surface area contributed by atoms with Crippen LogP contribution in [0.1, 0.15) is 42.7 Å². The number of fused-ring (bicyclic) bond motifs is 2. The monoisotopic (exact) mass is 636 g/mol. The molecule has 2 fully saturated rings. The quantitative estimate of drug-likeness (QED) is 0.204. The summed E-state index contributed by atoms with van der Waals surface area (Å²) in [6, 6.07) is 9.62. The highest BCUT2D eigenvalue weighted by atomic mass is 35.5. The topological polar surface area (TPSA) is 79.6 Å². The van der Waals surface area contributed by atoms with Crippen LogP contribution in [-0.2, 0) is 17.8 Å². The lowest BCUT2D eigenvalue weighted by atomic mass is 9.85. The Morgan fingerprint density at radius 1 is 1.12 bits per heavy atom. The highest BCUT2D eigenvalue weighted by Crippen LogP contribution is 2.38. The van der Waals surface area contributed by atoms with Crippen LogP contribution in [0.2, 0.25) is 15.1 Å². The third kappa shape index (κ3) is 6.17. The molecule has 7 nitrogen and oxygen atoms in total. The lowest BCUT2D eigenvalue weighted by Crippen LogP contribution is -2.59. The number of benzene rings is 2. The van der Waals surface area contributed by atoms with Crippen molar-refractivity contribution in [1.82, 2.24) is 20.7 Å². The maximum absolute atomic E-state index is 14.3. The van der Waals surface area contributed by atoms with E-state index in [1.165, 1.54) is 0 Å². The summed E-state index contributed by atoms with van der Waals surface area (Å²) in [5.41, 5.74) is 2.97. The van der Waals surface area contributed by atoms with Gasteiger partial charge in [0.1, 0.15) is 0 Å². The molecular weight excluding hydrogens is 609 g/mol. The van der Waals surface area contributed by atoms with Crippen molar-refractivity contribution in [2.24, 2.45) is 0 Å². The van der Waals surface area contributed by atoms with E-state index in [9.17, 15) is 13.6 Å². The molecule has 2 aromatic carbocycles. The van der Waals surface area contributed by atoms with E-state index >= 15 is 0 Å². The highest BCUT2D eigenvalue weighted by Gasteiger charge is 2.42. The normalized spacial score (nSPS) is 20.1. The van der Waals surface area contributed by atoms with Crippen LogP contribution in [0.25, 0.3) is 5.57 Å². The Morgan fingerprint density at radius 3 is 2.76 bits per heavy atom. The van der Waals surface area contributed by atoms with E-state index in [1.54, 1.807) is 6.07 Å². The number of amides is 1. The number of nitrogens with zero attached hydrogens (tertiary/aromatic N) is 2. The zero-order valence-corrected chi connectivity index (χ0v) is 24.8. The van der Waals surface area contributed by atoms with Gasteiger partial charge in [-0.25, -0.2) is 8.78 Å². The van der Waals surface area contributed by atoms with Crippen molar-refractivity contribution in [3.05, 3.63) is 85.7 Å². The maximum atomic E-state index is 14.3. The summed E-state index contributed by atoms with van der Waals surface area (Å²) >= 11 is 18.5. The summed E-state index contributed by atoms with van der Waals surface area (Å²) in [5, 5.41) is 12.0. The molecular formula is C30H29Cl3F2N4O3. The first kappa shape index (κ1) is 29.4. The minimum absolute atomic E-state index is 0.0554. The molecule has 3 heterocycles. The molecule has 3 aromatic rings. The van der Waals surface area contributed by atoms with Crippen LogP contribution in [0.5, 0.6) is 5.75 Å². The molecule has 2 atom stereocenters. The summed E-state index contributed by atoms with van der Waals surface area (Å²) in [7, 11) is 0. The fraction of sp³-hybridized carbons (Fsp3) is 0.400. The fourth-order valence-corrected chi connectivity index (χ4v) is 6.13. The number of carbonyl (C=O) groups is 1. The Balaban J connectivity index is 1.21. The second kappa shape index (κ2) is 12.5. The van der Waals surface area contributed by atoms with E-state index in [0.717, 1.165) is 42.7 Å². The minimum atomic E-state index is -0.923. The summed E-state index contributed by atoms with van der Waals surface area (Å²) in [4.78, 5) is 16.2. The van der Waals surface area contributed by atoms with Crippen LogP contribution < -0.4 is 15.4 Å². The van der Waals surface area contributed by atoms with Gasteiger partial charge < -0.3 is 24.8 Å². The van der Waals surface area contributed by atoms with Crippen molar-refractivity contribution in [3.8, 4) is 5.75 Å². The third-order valence-electron chi connectivity index (χ3n) is 7.83. The van der Waals surface area contributed by atoms with Gasteiger partial charge in [-0.15, -0.1) is 0 Å². The Labute approximate surface area is 257 Å². The number of ether oxygens (including phenoxy) is 1. The maximum Gasteiger partial charge on any atom is 0.252 e. The van der Waals surface area contributed by atoms with E-state index in [4.69, 9.17) is 44.1 Å². The first-order valence-corrected chi connectivity index (χ1v) is 15.1. The van der Waals surface area contributed by atoms with Gasteiger partial charge in [-0.3, -0.25) is 4.79 Å². The molecule has 42 heavy (non-hydrogen) atoms. The fourth-order valence-electron chi connectivity index (χ4n) is 5.60. The number of halogens is 5. The lowest BCUT2D eigenvalue weighted by Gasteiger charge is -2.40. The van der Waals surface area contributed by atoms with Gasteiger partial charge in [-0.1, -0.05) is 52.1 Å². The van der Waals surface area contributed by atoms with E-state index in [0.29, 0.717) is 59.4 Å². The van der Waals surface area contributed by atoms with Gasteiger partial charge in [0.25, 0.3) is 5.91 Å². The summed E-state index contributed by atoms with van der Waals surface area (Å²) in [6.07, 6.45) is 3.37. The average molecular weight is 638 g/mol. The third-order valence-corrected chi connectivity index (χ3v) is 8.98. The van der Waals surface area contributed by atoms with Crippen molar-refractivity contribution < 1.29 is 22.8 Å². The molecule has 6 rings (SSSR count). The summed E-state index contributed by atoms with van der Waals surface area (Å²) in [6.45, 7) is 1.82. The predicted octanol–water partition coefficient (Wildman–Crippen LogP) is 6.20. The molecule has 222 valence electrons. The molecule has 0 radical (unpaired) electrons. The Bertz CT molecular complexity index is 1530. The van der Waals surface area contributed by atoms with E-state index in [-0.39, 0.29) is 35.7 Å². The molecule has 2 N–H and O–H groups in total. The van der Waals surface area contributed by atoms with Crippen LogP contribution in [0.15, 0.2) is 46.5 Å². The van der Waals surface area contributed by atoms with E-state index < -0.39 is 17.4 Å². The van der Waals surface area contributed by atoms with Crippen molar-refractivity contribution in [2.75, 3.05) is 19.7 Å². The molecule has 0 unspecified atom stereocenters.